The zero-order chi connectivity index (χ0) is 9.52. The largest absolute Gasteiger partial charge is 0.611 e. The Balaban J connectivity index is 2.34. The van der Waals surface area contributed by atoms with Crippen LogP contribution in [0.5, 0.6) is 0 Å². The van der Waals surface area contributed by atoms with Gasteiger partial charge in [-0.25, -0.2) is 9.61 Å². The molecule has 0 unspecified atom stereocenters. The molecule has 0 bridgehead atoms. The topological polar surface area (TPSA) is 71.0 Å². The lowest BCUT2D eigenvalue weighted by molar-refractivity contribution is -0.229. The standard InChI is InChI=1S/C7H10BNO4/c10-12-8(13-11)9-6-7-4-2-1-3-5-7/h1-5,9-11H,6H2. The van der Waals surface area contributed by atoms with E-state index in [0.717, 1.165) is 5.56 Å². The fourth-order valence-corrected chi connectivity index (χ4v) is 0.891. The van der Waals surface area contributed by atoms with Crippen LogP contribution >= 0.6 is 0 Å². The summed E-state index contributed by atoms with van der Waals surface area (Å²) in [5.41, 5.74) is 0.988. The molecule has 0 radical (unpaired) electrons. The molecule has 0 saturated heterocycles. The molecule has 6 heteroatoms. The molecule has 5 nitrogen and oxygen atoms in total. The number of hydrogen-bond acceptors (Lipinski definition) is 5. The van der Waals surface area contributed by atoms with Crippen LogP contribution in [0.3, 0.4) is 0 Å². The predicted molar refractivity (Wildman–Crippen MR) is 46.5 cm³/mol. The van der Waals surface area contributed by atoms with Crippen LogP contribution in [0.15, 0.2) is 30.3 Å². The van der Waals surface area contributed by atoms with Gasteiger partial charge in [0.25, 0.3) is 0 Å². The molecule has 0 heterocycles. The van der Waals surface area contributed by atoms with Crippen molar-refractivity contribution in [2.24, 2.45) is 0 Å². The third-order valence-corrected chi connectivity index (χ3v) is 1.51. The molecule has 0 aliphatic rings. The van der Waals surface area contributed by atoms with Crippen molar-refractivity contribution in [3.8, 4) is 0 Å². The van der Waals surface area contributed by atoms with E-state index in [0.29, 0.717) is 6.54 Å². The van der Waals surface area contributed by atoms with Crippen molar-refractivity contribution in [1.82, 2.24) is 5.23 Å². The van der Waals surface area contributed by atoms with Crippen molar-refractivity contribution in [3.05, 3.63) is 35.9 Å². The molecule has 0 aromatic heterocycles. The Morgan fingerprint density at radius 1 is 1.15 bits per heavy atom. The highest BCUT2D eigenvalue weighted by molar-refractivity contribution is 6.40. The van der Waals surface area contributed by atoms with Gasteiger partial charge in [-0.1, -0.05) is 30.3 Å². The Kier molecular flexibility index (Phi) is 4.44. The molecule has 0 atom stereocenters. The van der Waals surface area contributed by atoms with Crippen molar-refractivity contribution >= 4 is 7.25 Å². The van der Waals surface area contributed by atoms with E-state index in [1.54, 1.807) is 0 Å². The van der Waals surface area contributed by atoms with E-state index in [-0.39, 0.29) is 0 Å². The van der Waals surface area contributed by atoms with Gasteiger partial charge in [-0.3, -0.25) is 15.7 Å². The summed E-state index contributed by atoms with van der Waals surface area (Å²) in [6.07, 6.45) is 0. The third kappa shape index (κ3) is 3.54. The van der Waals surface area contributed by atoms with Gasteiger partial charge in [0.2, 0.25) is 0 Å². The third-order valence-electron chi connectivity index (χ3n) is 1.51. The van der Waals surface area contributed by atoms with Crippen LogP contribution in [-0.4, -0.2) is 17.8 Å². The Morgan fingerprint density at radius 3 is 2.31 bits per heavy atom. The van der Waals surface area contributed by atoms with Crippen LogP contribution in [0.1, 0.15) is 5.56 Å². The molecular weight excluding hydrogens is 173 g/mol. The second-order valence-electron chi connectivity index (χ2n) is 2.41. The van der Waals surface area contributed by atoms with Crippen LogP contribution < -0.4 is 5.23 Å². The van der Waals surface area contributed by atoms with E-state index in [9.17, 15) is 0 Å². The molecule has 1 aromatic carbocycles. The summed E-state index contributed by atoms with van der Waals surface area (Å²) in [5.74, 6) is 0. The van der Waals surface area contributed by atoms with Crippen molar-refractivity contribution in [2.45, 2.75) is 6.54 Å². The lowest BCUT2D eigenvalue weighted by Gasteiger charge is -2.06. The van der Waals surface area contributed by atoms with Crippen LogP contribution in [-0.2, 0) is 16.2 Å². The van der Waals surface area contributed by atoms with Crippen LogP contribution in [0.25, 0.3) is 0 Å². The quantitative estimate of drug-likeness (QED) is 0.356. The summed E-state index contributed by atoms with van der Waals surface area (Å²) in [7, 11) is -1.22. The second-order valence-corrected chi connectivity index (χ2v) is 2.41. The fraction of sp³-hybridized carbons (Fsp3) is 0.143. The van der Waals surface area contributed by atoms with Gasteiger partial charge in [0, 0.05) is 6.54 Å². The normalized spacial score (nSPS) is 10.0. The van der Waals surface area contributed by atoms with Gasteiger partial charge in [0.05, 0.1) is 0 Å². The smallest absolute Gasteiger partial charge is 0.296 e. The first-order valence-electron chi connectivity index (χ1n) is 3.74. The zero-order valence-electron chi connectivity index (χ0n) is 6.88. The van der Waals surface area contributed by atoms with E-state index in [4.69, 9.17) is 10.5 Å². The minimum absolute atomic E-state index is 0.423. The molecule has 0 aliphatic carbocycles. The minimum atomic E-state index is -1.22. The Morgan fingerprint density at radius 2 is 1.77 bits per heavy atom. The van der Waals surface area contributed by atoms with Crippen LogP contribution in [0.4, 0.5) is 0 Å². The summed E-state index contributed by atoms with van der Waals surface area (Å²) < 4.78 is 0. The van der Waals surface area contributed by atoms with Crippen molar-refractivity contribution in [1.29, 1.82) is 0 Å². The lowest BCUT2D eigenvalue weighted by Crippen LogP contribution is -2.37. The molecule has 0 saturated carbocycles. The van der Waals surface area contributed by atoms with Crippen molar-refractivity contribution in [3.63, 3.8) is 0 Å². The van der Waals surface area contributed by atoms with Crippen LogP contribution in [0.2, 0.25) is 0 Å². The first-order chi connectivity index (χ1) is 6.36. The van der Waals surface area contributed by atoms with Gasteiger partial charge >= 0.3 is 7.25 Å². The molecule has 1 rings (SSSR count). The number of hydrogen-bond donors (Lipinski definition) is 3. The van der Waals surface area contributed by atoms with Gasteiger partial charge in [0.15, 0.2) is 0 Å². The van der Waals surface area contributed by atoms with E-state index in [1.807, 2.05) is 30.3 Å². The molecular formula is C7H10BNO4. The molecule has 0 spiro atoms. The monoisotopic (exact) mass is 183 g/mol. The Labute approximate surface area is 75.9 Å². The van der Waals surface area contributed by atoms with E-state index in [1.165, 1.54) is 0 Å². The molecule has 0 fully saturated rings. The highest BCUT2D eigenvalue weighted by Crippen LogP contribution is 1.97. The average molecular weight is 183 g/mol. The summed E-state index contributed by atoms with van der Waals surface area (Å²) in [4.78, 5) is 7.48. The molecule has 1 aromatic rings. The van der Waals surface area contributed by atoms with Gasteiger partial charge in [-0.2, -0.15) is 0 Å². The van der Waals surface area contributed by atoms with E-state index >= 15 is 0 Å². The van der Waals surface area contributed by atoms with Gasteiger partial charge < -0.3 is 0 Å². The lowest BCUT2D eigenvalue weighted by atomic mass is 10.1. The summed E-state index contributed by atoms with van der Waals surface area (Å²) in [6, 6.07) is 9.43. The average Bonchev–Trinajstić information content (AvgIpc) is 2.21. The second kappa shape index (κ2) is 5.68. The molecule has 70 valence electrons. The van der Waals surface area contributed by atoms with Crippen molar-refractivity contribution < 1.29 is 20.1 Å². The highest BCUT2D eigenvalue weighted by Gasteiger charge is 2.17. The summed E-state index contributed by atoms with van der Waals surface area (Å²) in [5, 5.41) is 18.9. The van der Waals surface area contributed by atoms with Crippen LogP contribution in [0, 0.1) is 0 Å². The van der Waals surface area contributed by atoms with E-state index < -0.39 is 7.25 Å². The Hall–Kier alpha value is -0.915. The summed E-state index contributed by atoms with van der Waals surface area (Å²) in [6.45, 7) is 0.423. The fourth-order valence-electron chi connectivity index (χ4n) is 0.891. The first kappa shape index (κ1) is 10.2. The van der Waals surface area contributed by atoms with Crippen molar-refractivity contribution in [2.75, 3.05) is 0 Å². The Bertz CT molecular complexity index is 229. The number of nitrogens with one attached hydrogen (secondary N) is 1. The summed E-state index contributed by atoms with van der Waals surface area (Å²) >= 11 is 0. The number of benzene rings is 1. The maximum atomic E-state index is 8.16. The van der Waals surface area contributed by atoms with E-state index in [2.05, 4.69) is 14.8 Å². The zero-order valence-corrected chi connectivity index (χ0v) is 6.88. The molecule has 0 amide bonds. The van der Waals surface area contributed by atoms with Gasteiger partial charge in [-0.15, -0.1) is 0 Å². The molecule has 0 aliphatic heterocycles. The maximum Gasteiger partial charge on any atom is 0.611 e. The SMILES string of the molecule is OOB(NCc1ccccc1)OO. The highest BCUT2D eigenvalue weighted by atomic mass is 17.2. The van der Waals surface area contributed by atoms with Gasteiger partial charge in [-0.05, 0) is 5.56 Å². The predicted octanol–water partition coefficient (Wildman–Crippen LogP) is 0.740. The molecule has 3 N–H and O–H groups in total. The maximum absolute atomic E-state index is 8.16. The number of rotatable bonds is 5. The minimum Gasteiger partial charge on any atom is -0.296 e. The molecule has 13 heavy (non-hydrogen) atoms. The van der Waals surface area contributed by atoms with Gasteiger partial charge in [0.1, 0.15) is 0 Å². The first-order valence-corrected chi connectivity index (χ1v) is 3.74.